The molecule has 108 valence electrons. The molecule has 7 nitrogen and oxygen atoms in total. The van der Waals surface area contributed by atoms with Crippen molar-refractivity contribution in [3.63, 3.8) is 0 Å². The zero-order chi connectivity index (χ0) is 15.1. The maximum atomic E-state index is 11.7. The van der Waals surface area contributed by atoms with Gasteiger partial charge in [0.25, 0.3) is 0 Å². The number of nitrogens with zero attached hydrogens (tertiary/aromatic N) is 1. The van der Waals surface area contributed by atoms with Gasteiger partial charge in [-0.25, -0.2) is 0 Å². The zero-order valence-electron chi connectivity index (χ0n) is 11.3. The first kappa shape index (κ1) is 15.6. The van der Waals surface area contributed by atoms with Gasteiger partial charge in [0.2, 0.25) is 5.91 Å². The number of hydrogen-bond acceptors (Lipinski definition) is 4. The van der Waals surface area contributed by atoms with Crippen molar-refractivity contribution in [2.24, 2.45) is 0 Å². The molecule has 0 spiro atoms. The Hall–Kier alpha value is -2.41. The minimum atomic E-state index is -0.805. The third kappa shape index (κ3) is 4.69. The fraction of sp³-hybridized carbons (Fsp3) is 0.308. The second-order valence-corrected chi connectivity index (χ2v) is 4.17. The van der Waals surface area contributed by atoms with Gasteiger partial charge in [0, 0.05) is 31.9 Å². The minimum absolute atomic E-state index is 0.0815. The summed E-state index contributed by atoms with van der Waals surface area (Å²) in [6.45, 7) is 1.24. The molecule has 0 fully saturated rings. The van der Waals surface area contributed by atoms with E-state index >= 15 is 0 Å². The SMILES string of the molecule is CC(=O)Nc1cccc(NC(=O)C(=O)N(C)CCO)c1. The second kappa shape index (κ2) is 7.25. The molecule has 0 atom stereocenters. The summed E-state index contributed by atoms with van der Waals surface area (Å²) < 4.78 is 0. The number of aliphatic hydroxyl groups is 1. The van der Waals surface area contributed by atoms with Crippen LogP contribution in [-0.4, -0.2) is 47.9 Å². The normalized spacial score (nSPS) is 9.75. The topological polar surface area (TPSA) is 98.7 Å². The van der Waals surface area contributed by atoms with Crippen molar-refractivity contribution in [2.75, 3.05) is 30.8 Å². The Kier molecular flexibility index (Phi) is 5.67. The fourth-order valence-electron chi connectivity index (χ4n) is 1.49. The van der Waals surface area contributed by atoms with Gasteiger partial charge in [-0.3, -0.25) is 14.4 Å². The van der Waals surface area contributed by atoms with E-state index in [0.29, 0.717) is 11.4 Å². The molecule has 1 aromatic carbocycles. The largest absolute Gasteiger partial charge is 0.395 e. The molecule has 3 amide bonds. The van der Waals surface area contributed by atoms with Crippen molar-refractivity contribution in [1.29, 1.82) is 0 Å². The summed E-state index contributed by atoms with van der Waals surface area (Å²) in [5.74, 6) is -1.78. The summed E-state index contributed by atoms with van der Waals surface area (Å²) in [6.07, 6.45) is 0. The molecular weight excluding hydrogens is 262 g/mol. The third-order valence-electron chi connectivity index (χ3n) is 2.42. The van der Waals surface area contributed by atoms with Crippen LogP contribution < -0.4 is 10.6 Å². The predicted octanol–water partition coefficient (Wildman–Crippen LogP) is 0.0342. The van der Waals surface area contributed by atoms with Crippen molar-refractivity contribution in [1.82, 2.24) is 4.90 Å². The Balaban J connectivity index is 2.70. The van der Waals surface area contributed by atoms with E-state index in [1.807, 2.05) is 0 Å². The van der Waals surface area contributed by atoms with E-state index in [1.165, 1.54) is 14.0 Å². The predicted molar refractivity (Wildman–Crippen MR) is 74.1 cm³/mol. The molecule has 0 aliphatic carbocycles. The Morgan fingerprint density at radius 1 is 1.20 bits per heavy atom. The molecule has 0 saturated heterocycles. The summed E-state index contributed by atoms with van der Waals surface area (Å²) in [4.78, 5) is 35.4. The van der Waals surface area contributed by atoms with E-state index < -0.39 is 11.8 Å². The van der Waals surface area contributed by atoms with Crippen molar-refractivity contribution in [3.05, 3.63) is 24.3 Å². The number of benzene rings is 1. The fourth-order valence-corrected chi connectivity index (χ4v) is 1.49. The van der Waals surface area contributed by atoms with Crippen molar-refractivity contribution >= 4 is 29.1 Å². The highest BCUT2D eigenvalue weighted by atomic mass is 16.3. The van der Waals surface area contributed by atoms with Gasteiger partial charge in [-0.15, -0.1) is 0 Å². The number of carbonyl (C=O) groups excluding carboxylic acids is 3. The van der Waals surface area contributed by atoms with Crippen LogP contribution in [0.2, 0.25) is 0 Å². The number of amides is 3. The van der Waals surface area contributed by atoms with Gasteiger partial charge >= 0.3 is 11.8 Å². The molecule has 0 aliphatic heterocycles. The first-order chi connectivity index (χ1) is 9.43. The number of hydrogen-bond donors (Lipinski definition) is 3. The summed E-state index contributed by atoms with van der Waals surface area (Å²) in [7, 11) is 1.42. The highest BCUT2D eigenvalue weighted by Gasteiger charge is 2.18. The van der Waals surface area contributed by atoms with Gasteiger partial charge in [0.15, 0.2) is 0 Å². The molecule has 0 aromatic heterocycles. The molecule has 0 radical (unpaired) electrons. The first-order valence-electron chi connectivity index (χ1n) is 5.99. The van der Waals surface area contributed by atoms with E-state index in [1.54, 1.807) is 24.3 Å². The average Bonchev–Trinajstić information content (AvgIpc) is 2.37. The third-order valence-corrected chi connectivity index (χ3v) is 2.42. The maximum Gasteiger partial charge on any atom is 0.313 e. The molecule has 0 aliphatic rings. The zero-order valence-corrected chi connectivity index (χ0v) is 11.3. The number of anilines is 2. The van der Waals surface area contributed by atoms with E-state index in [2.05, 4.69) is 10.6 Å². The smallest absolute Gasteiger partial charge is 0.313 e. The molecule has 0 bridgehead atoms. The molecular formula is C13H17N3O4. The summed E-state index contributed by atoms with van der Waals surface area (Å²) in [5, 5.41) is 13.7. The first-order valence-corrected chi connectivity index (χ1v) is 5.99. The quantitative estimate of drug-likeness (QED) is 0.677. The average molecular weight is 279 g/mol. The number of rotatable bonds is 4. The highest BCUT2D eigenvalue weighted by molar-refractivity contribution is 6.39. The Morgan fingerprint density at radius 3 is 2.35 bits per heavy atom. The van der Waals surface area contributed by atoms with Crippen LogP contribution in [0.4, 0.5) is 11.4 Å². The molecule has 1 rings (SSSR count). The highest BCUT2D eigenvalue weighted by Crippen LogP contribution is 2.15. The lowest BCUT2D eigenvalue weighted by molar-refractivity contribution is -0.142. The van der Waals surface area contributed by atoms with Crippen LogP contribution in [0.1, 0.15) is 6.92 Å². The van der Waals surface area contributed by atoms with Crippen molar-refractivity contribution in [2.45, 2.75) is 6.92 Å². The van der Waals surface area contributed by atoms with Crippen molar-refractivity contribution in [3.8, 4) is 0 Å². The summed E-state index contributed by atoms with van der Waals surface area (Å²) in [5.41, 5.74) is 0.915. The summed E-state index contributed by atoms with van der Waals surface area (Å²) in [6, 6.07) is 6.45. The van der Waals surface area contributed by atoms with Crippen LogP contribution in [0.5, 0.6) is 0 Å². The second-order valence-electron chi connectivity index (χ2n) is 4.17. The Labute approximate surface area is 116 Å². The van der Waals surface area contributed by atoms with Crippen LogP contribution in [0.15, 0.2) is 24.3 Å². The van der Waals surface area contributed by atoms with Gasteiger partial charge in [-0.2, -0.15) is 0 Å². The van der Waals surface area contributed by atoms with Gasteiger partial charge < -0.3 is 20.6 Å². The minimum Gasteiger partial charge on any atom is -0.395 e. The lowest BCUT2D eigenvalue weighted by atomic mass is 10.2. The molecule has 0 heterocycles. The van der Waals surface area contributed by atoms with Crippen LogP contribution in [0.3, 0.4) is 0 Å². The molecule has 0 saturated carbocycles. The number of aliphatic hydroxyl groups excluding tert-OH is 1. The van der Waals surface area contributed by atoms with Crippen LogP contribution in [0.25, 0.3) is 0 Å². The summed E-state index contributed by atoms with van der Waals surface area (Å²) >= 11 is 0. The molecule has 1 aromatic rings. The van der Waals surface area contributed by atoms with E-state index in [4.69, 9.17) is 5.11 Å². The molecule has 7 heteroatoms. The van der Waals surface area contributed by atoms with Gasteiger partial charge in [-0.1, -0.05) is 6.07 Å². The number of nitrogens with one attached hydrogen (secondary N) is 2. The van der Waals surface area contributed by atoms with Gasteiger partial charge in [0.05, 0.1) is 6.61 Å². The van der Waals surface area contributed by atoms with Crippen molar-refractivity contribution < 1.29 is 19.5 Å². The van der Waals surface area contributed by atoms with Crippen LogP contribution in [-0.2, 0) is 14.4 Å². The van der Waals surface area contributed by atoms with E-state index in [-0.39, 0.29) is 19.1 Å². The number of likely N-dealkylation sites (N-methyl/N-ethyl adjacent to an activating group) is 1. The maximum absolute atomic E-state index is 11.7. The Bertz CT molecular complexity index is 516. The standard InChI is InChI=1S/C13H17N3O4/c1-9(18)14-10-4-3-5-11(8-10)15-12(19)13(20)16(2)6-7-17/h3-5,8,17H,6-7H2,1-2H3,(H,14,18)(H,15,19). The lowest BCUT2D eigenvalue weighted by Crippen LogP contribution is -2.38. The van der Waals surface area contributed by atoms with E-state index in [0.717, 1.165) is 4.90 Å². The molecule has 20 heavy (non-hydrogen) atoms. The lowest BCUT2D eigenvalue weighted by Gasteiger charge is -2.15. The van der Waals surface area contributed by atoms with Gasteiger partial charge in [-0.05, 0) is 18.2 Å². The molecule has 3 N–H and O–H groups in total. The number of carbonyl (C=O) groups is 3. The van der Waals surface area contributed by atoms with Gasteiger partial charge in [0.1, 0.15) is 0 Å². The monoisotopic (exact) mass is 279 g/mol. The van der Waals surface area contributed by atoms with Crippen LogP contribution in [0, 0.1) is 0 Å². The van der Waals surface area contributed by atoms with Crippen LogP contribution >= 0.6 is 0 Å². The molecule has 0 unspecified atom stereocenters. The van der Waals surface area contributed by atoms with E-state index in [9.17, 15) is 14.4 Å². The Morgan fingerprint density at radius 2 is 1.80 bits per heavy atom.